The molecule has 0 unspecified atom stereocenters. The predicted molar refractivity (Wildman–Crippen MR) is 165 cm³/mol. The van der Waals surface area contributed by atoms with Crippen LogP contribution in [0.5, 0.6) is 5.75 Å². The molecule has 0 aliphatic carbocycles. The molecule has 12 heteroatoms. The van der Waals surface area contributed by atoms with E-state index in [0.29, 0.717) is 6.61 Å². The molecule has 0 amide bonds. The molecule has 10 nitrogen and oxygen atoms in total. The first kappa shape index (κ1) is 31.9. The third-order valence-electron chi connectivity index (χ3n) is 7.34. The van der Waals surface area contributed by atoms with E-state index in [4.69, 9.17) is 23.9 Å². The van der Waals surface area contributed by atoms with Gasteiger partial charge in [-0.2, -0.15) is 0 Å². The van der Waals surface area contributed by atoms with E-state index in [-0.39, 0.29) is 35.0 Å². The van der Waals surface area contributed by atoms with Crippen LogP contribution in [0.25, 0.3) is 0 Å². The van der Waals surface area contributed by atoms with E-state index < -0.39 is 24.4 Å². The topological polar surface area (TPSA) is 109 Å². The molecule has 4 aliphatic heterocycles. The molecule has 2 N–H and O–H groups in total. The van der Waals surface area contributed by atoms with Gasteiger partial charge in [0, 0.05) is 34.1 Å². The van der Waals surface area contributed by atoms with Crippen LogP contribution in [0.3, 0.4) is 0 Å². The van der Waals surface area contributed by atoms with Crippen molar-refractivity contribution < 1.29 is 29.2 Å². The lowest BCUT2D eigenvalue weighted by Gasteiger charge is -2.40. The first-order chi connectivity index (χ1) is 19.6. The zero-order chi connectivity index (χ0) is 29.8. The van der Waals surface area contributed by atoms with E-state index in [1.807, 2.05) is 68.3 Å². The number of hydrogen-bond acceptors (Lipinski definition) is 12. The van der Waals surface area contributed by atoms with Crippen molar-refractivity contribution in [3.05, 3.63) is 55.1 Å². The number of aliphatic imine (C=N–C) groups is 2. The number of benzene rings is 1. The number of rotatable bonds is 6. The highest BCUT2D eigenvalue weighted by Gasteiger charge is 2.48. The number of aliphatic hydroxyl groups excluding tert-OH is 2. The van der Waals surface area contributed by atoms with Crippen molar-refractivity contribution in [2.45, 2.75) is 67.0 Å². The Bertz CT molecular complexity index is 1120. The van der Waals surface area contributed by atoms with Crippen molar-refractivity contribution in [2.75, 3.05) is 35.3 Å². The monoisotopic (exact) mass is 606 g/mol. The van der Waals surface area contributed by atoms with Crippen LogP contribution in [0.1, 0.15) is 12.5 Å². The van der Waals surface area contributed by atoms with Crippen LogP contribution in [0.15, 0.2) is 59.6 Å². The van der Waals surface area contributed by atoms with Gasteiger partial charge in [0.05, 0.1) is 25.9 Å². The summed E-state index contributed by atoms with van der Waals surface area (Å²) in [5.74, 6) is 1.05. The Morgan fingerprint density at radius 3 is 1.95 bits per heavy atom. The summed E-state index contributed by atoms with van der Waals surface area (Å²) >= 11 is 3.13. The van der Waals surface area contributed by atoms with Crippen molar-refractivity contribution in [1.82, 2.24) is 9.80 Å². The zero-order valence-electron chi connectivity index (χ0n) is 24.5. The average Bonchev–Trinajstić information content (AvgIpc) is 3.60. The van der Waals surface area contributed by atoms with Crippen molar-refractivity contribution in [2.24, 2.45) is 15.9 Å². The maximum atomic E-state index is 9.93. The van der Waals surface area contributed by atoms with Crippen molar-refractivity contribution in [1.29, 1.82) is 0 Å². The number of ether oxygens (including phenoxy) is 4. The molecular weight excluding hydrogens is 564 g/mol. The van der Waals surface area contributed by atoms with Crippen LogP contribution in [0, 0.1) is 5.92 Å². The van der Waals surface area contributed by atoms with Crippen LogP contribution >= 0.6 is 23.5 Å². The van der Waals surface area contributed by atoms with Gasteiger partial charge in [-0.25, -0.2) is 0 Å². The summed E-state index contributed by atoms with van der Waals surface area (Å²) in [6.45, 7) is 10.2. The minimum atomic E-state index is -0.954. The number of hydrogen-bond donors (Lipinski definition) is 2. The van der Waals surface area contributed by atoms with Crippen LogP contribution in [0.4, 0.5) is 0 Å². The Morgan fingerprint density at radius 2 is 1.41 bits per heavy atom. The quantitative estimate of drug-likeness (QED) is 0.470. The van der Waals surface area contributed by atoms with Crippen molar-refractivity contribution in [3.63, 3.8) is 0 Å². The Hall–Kier alpha value is -2.06. The van der Waals surface area contributed by atoms with Gasteiger partial charge in [-0.3, -0.25) is 9.98 Å². The standard InChI is InChI=1S/C19H26N2O3S.C10H16N2O3S/c1-6-15-12(2)17(16-18(24-15)25-19(20-16)21(3)4)23-11-13-7-9-14(22-5)10-8-13;1-4-5-7(13)8(14)6-9(15-5)16-10(11-6)12(2)3/h6-10,12,15-18H,1,11H2,2-5H3;4-9,13-14H,1H2,2-3H3/t12-,15-,16-,17+,18-;5-,6-,7-,8-,9-/m11/s1. The van der Waals surface area contributed by atoms with E-state index in [1.165, 1.54) is 17.8 Å². The van der Waals surface area contributed by atoms with Gasteiger partial charge in [-0.05, 0) is 17.7 Å². The fraction of sp³-hybridized carbons (Fsp3) is 0.586. The smallest absolute Gasteiger partial charge is 0.161 e. The molecule has 0 saturated carbocycles. The van der Waals surface area contributed by atoms with Crippen LogP contribution in [-0.4, -0.2) is 119 Å². The molecule has 4 aliphatic rings. The largest absolute Gasteiger partial charge is 0.497 e. The zero-order valence-corrected chi connectivity index (χ0v) is 26.1. The van der Waals surface area contributed by atoms with Gasteiger partial charge in [-0.1, -0.05) is 54.7 Å². The van der Waals surface area contributed by atoms with Gasteiger partial charge in [-0.15, -0.1) is 13.2 Å². The van der Waals surface area contributed by atoms with E-state index >= 15 is 0 Å². The normalized spacial score (nSPS) is 35.6. The third kappa shape index (κ3) is 7.12. The molecule has 10 atom stereocenters. The third-order valence-corrected chi connectivity index (χ3v) is 9.95. The maximum absolute atomic E-state index is 9.93. The van der Waals surface area contributed by atoms with E-state index in [2.05, 4.69) is 25.1 Å². The fourth-order valence-electron chi connectivity index (χ4n) is 4.95. The van der Waals surface area contributed by atoms with Crippen molar-refractivity contribution in [3.8, 4) is 5.75 Å². The average molecular weight is 607 g/mol. The molecule has 41 heavy (non-hydrogen) atoms. The molecule has 1 aromatic carbocycles. The Morgan fingerprint density at radius 1 is 0.878 bits per heavy atom. The highest BCUT2D eigenvalue weighted by atomic mass is 32.2. The molecular formula is C29H42N4O6S2. The molecule has 2 saturated heterocycles. The summed E-state index contributed by atoms with van der Waals surface area (Å²) < 4.78 is 23.3. The van der Waals surface area contributed by atoms with Crippen LogP contribution < -0.4 is 4.74 Å². The maximum Gasteiger partial charge on any atom is 0.161 e. The molecule has 5 rings (SSSR count). The number of methoxy groups -OCH3 is 1. The van der Waals surface area contributed by atoms with Crippen molar-refractivity contribution >= 4 is 33.9 Å². The second-order valence-corrected chi connectivity index (χ2v) is 12.8. The van der Waals surface area contributed by atoms with Gasteiger partial charge in [0.15, 0.2) is 10.3 Å². The Kier molecular flexibility index (Phi) is 10.8. The fourth-order valence-corrected chi connectivity index (χ4v) is 7.23. The molecule has 1 aromatic rings. The summed E-state index contributed by atoms with van der Waals surface area (Å²) in [6, 6.07) is 7.58. The highest BCUT2D eigenvalue weighted by molar-refractivity contribution is 8.14. The lowest BCUT2D eigenvalue weighted by atomic mass is 9.90. The minimum Gasteiger partial charge on any atom is -0.497 e. The van der Waals surface area contributed by atoms with Gasteiger partial charge >= 0.3 is 0 Å². The summed E-state index contributed by atoms with van der Waals surface area (Å²) in [6.07, 6.45) is 0.980. The number of fused-ring (bicyclic) bond motifs is 2. The van der Waals surface area contributed by atoms with E-state index in [9.17, 15) is 10.2 Å². The predicted octanol–water partition coefficient (Wildman–Crippen LogP) is 2.81. The number of amidine groups is 2. The Labute approximate surface area is 251 Å². The van der Waals surface area contributed by atoms with Crippen LogP contribution in [0.2, 0.25) is 0 Å². The second-order valence-electron chi connectivity index (χ2n) is 10.7. The summed E-state index contributed by atoms with van der Waals surface area (Å²) in [7, 11) is 9.45. The Balaban J connectivity index is 0.000000208. The lowest BCUT2D eigenvalue weighted by Crippen LogP contribution is -2.53. The molecule has 0 bridgehead atoms. The van der Waals surface area contributed by atoms with Gasteiger partial charge in [0.25, 0.3) is 0 Å². The molecule has 2 fully saturated rings. The van der Waals surface area contributed by atoms with Gasteiger partial charge in [0.1, 0.15) is 47.0 Å². The number of aliphatic hydroxyl groups is 2. The first-order valence-corrected chi connectivity index (χ1v) is 15.3. The molecule has 4 heterocycles. The number of nitrogens with zero attached hydrogens (tertiary/aromatic N) is 4. The summed E-state index contributed by atoms with van der Waals surface area (Å²) in [4.78, 5) is 13.1. The van der Waals surface area contributed by atoms with Gasteiger partial charge in [0.2, 0.25) is 0 Å². The second kappa shape index (κ2) is 13.9. The highest BCUT2D eigenvalue weighted by Crippen LogP contribution is 2.41. The van der Waals surface area contributed by atoms with Crippen LogP contribution in [-0.2, 0) is 20.8 Å². The SMILES string of the molecule is C=C[C@H]1O[C@@H]2SC(N(C)C)=N[C@@H]2[C@@H](O)[C@@H]1O.C=C[C@H]1O[C@@H]2SC(N(C)C)=N[C@@H]2[C@@H](OCc2ccc(OC)cc2)[C@@H]1C. The minimum absolute atomic E-state index is 0.00574. The first-order valence-electron chi connectivity index (χ1n) is 13.6. The number of thioether (sulfide) groups is 2. The van der Waals surface area contributed by atoms with E-state index in [0.717, 1.165) is 21.6 Å². The molecule has 226 valence electrons. The van der Waals surface area contributed by atoms with E-state index in [1.54, 1.807) is 18.9 Å². The van der Waals surface area contributed by atoms with Gasteiger partial charge < -0.3 is 39.0 Å². The lowest BCUT2D eigenvalue weighted by molar-refractivity contribution is -0.135. The summed E-state index contributed by atoms with van der Waals surface area (Å²) in [5.41, 5.74) is 0.866. The molecule has 0 spiro atoms. The summed E-state index contributed by atoms with van der Waals surface area (Å²) in [5, 5.41) is 21.5. The molecule has 0 radical (unpaired) electrons. The molecule has 0 aromatic heterocycles.